The molecular formula is C24H28BrF. The topological polar surface area (TPSA) is 0 Å². The van der Waals surface area contributed by atoms with Gasteiger partial charge in [0.25, 0.3) is 0 Å². The van der Waals surface area contributed by atoms with E-state index in [0.717, 1.165) is 10.4 Å². The maximum absolute atomic E-state index is 12.2. The number of rotatable bonds is 7. The van der Waals surface area contributed by atoms with E-state index in [1.807, 2.05) is 6.08 Å². The summed E-state index contributed by atoms with van der Waals surface area (Å²) >= 11 is 3.49. The van der Waals surface area contributed by atoms with E-state index in [1.165, 1.54) is 55.2 Å². The first-order valence-corrected chi connectivity index (χ1v) is 10.6. The molecular weight excluding hydrogens is 387 g/mol. The molecule has 0 saturated heterocycles. The smallest absolute Gasteiger partial charge is 0.0928 e. The van der Waals surface area contributed by atoms with Crippen LogP contribution in [0.1, 0.15) is 44.1 Å². The van der Waals surface area contributed by atoms with Crippen LogP contribution in [0, 0.1) is 11.8 Å². The summed E-state index contributed by atoms with van der Waals surface area (Å²) in [5, 5.41) is 0. The highest BCUT2D eigenvalue weighted by molar-refractivity contribution is 9.10. The van der Waals surface area contributed by atoms with Crippen LogP contribution in [0.4, 0.5) is 4.39 Å². The number of hydrogen-bond donors (Lipinski definition) is 0. The SMILES string of the molecule is FCC/C=C/[C@H]1CC[C@H](CCc2ccc(-c3ccc(Br)cc3)cc2)CC1. The lowest BCUT2D eigenvalue weighted by atomic mass is 9.79. The van der Waals surface area contributed by atoms with Gasteiger partial charge in [0, 0.05) is 4.47 Å². The van der Waals surface area contributed by atoms with Crippen LogP contribution < -0.4 is 0 Å². The molecule has 1 aliphatic carbocycles. The Balaban J connectivity index is 1.45. The molecule has 3 rings (SSSR count). The summed E-state index contributed by atoms with van der Waals surface area (Å²) in [6, 6.07) is 17.5. The molecule has 1 fully saturated rings. The Morgan fingerprint density at radius 3 is 2.12 bits per heavy atom. The van der Waals surface area contributed by atoms with Crippen LogP contribution in [0.5, 0.6) is 0 Å². The molecule has 1 saturated carbocycles. The van der Waals surface area contributed by atoms with Crippen LogP contribution in [0.25, 0.3) is 11.1 Å². The summed E-state index contributed by atoms with van der Waals surface area (Å²) < 4.78 is 13.3. The number of alkyl halides is 1. The van der Waals surface area contributed by atoms with E-state index >= 15 is 0 Å². The third-order valence-electron chi connectivity index (χ3n) is 5.55. The lowest BCUT2D eigenvalue weighted by molar-refractivity contribution is 0.296. The van der Waals surface area contributed by atoms with Crippen molar-refractivity contribution < 1.29 is 4.39 Å². The van der Waals surface area contributed by atoms with Gasteiger partial charge in [0.2, 0.25) is 0 Å². The maximum Gasteiger partial charge on any atom is 0.0928 e. The van der Waals surface area contributed by atoms with E-state index in [2.05, 4.69) is 70.5 Å². The Bertz CT molecular complexity index is 679. The first-order valence-electron chi connectivity index (χ1n) is 9.82. The fourth-order valence-electron chi connectivity index (χ4n) is 3.90. The zero-order valence-corrected chi connectivity index (χ0v) is 16.9. The number of halogens is 2. The van der Waals surface area contributed by atoms with Crippen molar-refractivity contribution in [3.63, 3.8) is 0 Å². The molecule has 0 radical (unpaired) electrons. The van der Waals surface area contributed by atoms with Gasteiger partial charge in [0.15, 0.2) is 0 Å². The van der Waals surface area contributed by atoms with Crippen molar-refractivity contribution in [2.45, 2.75) is 44.9 Å². The Hall–Kier alpha value is -1.41. The van der Waals surface area contributed by atoms with Gasteiger partial charge in [0.05, 0.1) is 6.67 Å². The highest BCUT2D eigenvalue weighted by Gasteiger charge is 2.19. The van der Waals surface area contributed by atoms with Crippen molar-refractivity contribution in [3.8, 4) is 11.1 Å². The molecule has 2 aromatic carbocycles. The fourth-order valence-corrected chi connectivity index (χ4v) is 4.16. The molecule has 0 aromatic heterocycles. The molecule has 0 spiro atoms. The minimum absolute atomic E-state index is 0.230. The zero-order chi connectivity index (χ0) is 18.2. The minimum atomic E-state index is -0.230. The van der Waals surface area contributed by atoms with E-state index in [0.29, 0.717) is 12.3 Å². The normalized spacial score (nSPS) is 20.5. The van der Waals surface area contributed by atoms with Crippen molar-refractivity contribution >= 4 is 15.9 Å². The lowest BCUT2D eigenvalue weighted by Gasteiger charge is -2.26. The van der Waals surface area contributed by atoms with Crippen LogP contribution in [-0.2, 0) is 6.42 Å². The number of aryl methyl sites for hydroxylation is 1. The number of allylic oxidation sites excluding steroid dienone is 2. The van der Waals surface area contributed by atoms with Gasteiger partial charge in [-0.15, -0.1) is 0 Å². The average Bonchev–Trinajstić information content (AvgIpc) is 2.69. The van der Waals surface area contributed by atoms with E-state index in [9.17, 15) is 4.39 Å². The molecule has 26 heavy (non-hydrogen) atoms. The average molecular weight is 415 g/mol. The van der Waals surface area contributed by atoms with Crippen molar-refractivity contribution in [3.05, 3.63) is 70.7 Å². The van der Waals surface area contributed by atoms with Gasteiger partial charge >= 0.3 is 0 Å². The van der Waals surface area contributed by atoms with Gasteiger partial charge < -0.3 is 0 Å². The van der Waals surface area contributed by atoms with E-state index in [1.54, 1.807) is 0 Å². The highest BCUT2D eigenvalue weighted by Crippen LogP contribution is 2.32. The van der Waals surface area contributed by atoms with Crippen molar-refractivity contribution in [2.75, 3.05) is 6.67 Å². The summed E-state index contributed by atoms with van der Waals surface area (Å²) in [5.41, 5.74) is 3.98. The first kappa shape index (κ1) is 19.4. The molecule has 0 bridgehead atoms. The third kappa shape index (κ3) is 5.81. The minimum Gasteiger partial charge on any atom is -0.251 e. The predicted octanol–water partition coefficient (Wildman–Crippen LogP) is 7.77. The summed E-state index contributed by atoms with van der Waals surface area (Å²) in [4.78, 5) is 0. The van der Waals surface area contributed by atoms with Crippen molar-refractivity contribution in [1.29, 1.82) is 0 Å². The van der Waals surface area contributed by atoms with Crippen LogP contribution in [0.15, 0.2) is 65.2 Å². The van der Waals surface area contributed by atoms with Crippen LogP contribution in [-0.4, -0.2) is 6.67 Å². The Labute approximate surface area is 165 Å². The lowest BCUT2D eigenvalue weighted by Crippen LogP contribution is -2.13. The second kappa shape index (κ2) is 10.1. The first-order chi connectivity index (χ1) is 12.7. The zero-order valence-electron chi connectivity index (χ0n) is 15.3. The highest BCUT2D eigenvalue weighted by atomic mass is 79.9. The van der Waals surface area contributed by atoms with Crippen LogP contribution in [0.2, 0.25) is 0 Å². The summed E-state index contributed by atoms with van der Waals surface area (Å²) in [6.45, 7) is -0.230. The van der Waals surface area contributed by atoms with Crippen molar-refractivity contribution in [1.82, 2.24) is 0 Å². The van der Waals surface area contributed by atoms with E-state index < -0.39 is 0 Å². The Morgan fingerprint density at radius 2 is 1.50 bits per heavy atom. The molecule has 2 aromatic rings. The maximum atomic E-state index is 12.2. The molecule has 0 nitrogen and oxygen atoms in total. The molecule has 2 heteroatoms. The summed E-state index contributed by atoms with van der Waals surface area (Å²) in [7, 11) is 0. The molecule has 1 aliphatic rings. The van der Waals surface area contributed by atoms with Gasteiger partial charge in [-0.05, 0) is 85.6 Å². The van der Waals surface area contributed by atoms with Gasteiger partial charge in [-0.3, -0.25) is 4.39 Å². The summed E-state index contributed by atoms with van der Waals surface area (Å²) in [6.07, 6.45) is 12.5. The molecule has 0 amide bonds. The largest absolute Gasteiger partial charge is 0.251 e. The Kier molecular flexibility index (Phi) is 7.49. The van der Waals surface area contributed by atoms with Gasteiger partial charge in [-0.2, -0.15) is 0 Å². The molecule has 0 N–H and O–H groups in total. The van der Waals surface area contributed by atoms with E-state index in [-0.39, 0.29) is 6.67 Å². The quantitative estimate of drug-likeness (QED) is 0.405. The fraction of sp³-hybridized carbons (Fsp3) is 0.417. The standard InChI is InChI=1S/C24H28BrF/c25-24-16-14-23(15-17-24)22-12-10-21(11-13-22)9-8-20-6-4-19(5-7-20)3-1-2-18-26/h1,3,10-17,19-20H,2,4-9,18H2/b3-1+/t19-,20-. The molecule has 0 aliphatic heterocycles. The van der Waals surface area contributed by atoms with E-state index in [4.69, 9.17) is 0 Å². The molecule has 0 atom stereocenters. The molecule has 138 valence electrons. The summed E-state index contributed by atoms with van der Waals surface area (Å²) in [5.74, 6) is 1.54. The van der Waals surface area contributed by atoms with Crippen LogP contribution in [0.3, 0.4) is 0 Å². The van der Waals surface area contributed by atoms with Gasteiger partial charge in [-0.25, -0.2) is 0 Å². The van der Waals surface area contributed by atoms with Gasteiger partial charge in [0.1, 0.15) is 0 Å². The second-order valence-corrected chi connectivity index (χ2v) is 8.34. The third-order valence-corrected chi connectivity index (χ3v) is 6.08. The van der Waals surface area contributed by atoms with Crippen LogP contribution >= 0.6 is 15.9 Å². The molecule has 0 heterocycles. The second-order valence-electron chi connectivity index (χ2n) is 7.43. The van der Waals surface area contributed by atoms with Crippen molar-refractivity contribution in [2.24, 2.45) is 11.8 Å². The monoisotopic (exact) mass is 414 g/mol. The Morgan fingerprint density at radius 1 is 0.885 bits per heavy atom. The predicted molar refractivity (Wildman–Crippen MR) is 113 cm³/mol. The number of hydrogen-bond acceptors (Lipinski definition) is 0. The number of benzene rings is 2. The molecule has 0 unspecified atom stereocenters. The van der Waals surface area contributed by atoms with Gasteiger partial charge in [-0.1, -0.05) is 64.5 Å².